The third-order valence-corrected chi connectivity index (χ3v) is 6.08. The van der Waals surface area contributed by atoms with Crippen LogP contribution in [0.15, 0.2) is 79.1 Å². The number of para-hydroxylation sites is 1. The highest BCUT2D eigenvalue weighted by Gasteiger charge is 2.46. The third-order valence-electron chi connectivity index (χ3n) is 5.77. The van der Waals surface area contributed by atoms with Crippen LogP contribution < -0.4 is 10.1 Å². The van der Waals surface area contributed by atoms with Crippen molar-refractivity contribution < 1.29 is 14.6 Å². The van der Waals surface area contributed by atoms with Crippen LogP contribution in [0.4, 0.5) is 0 Å². The van der Waals surface area contributed by atoms with Crippen LogP contribution in [0.5, 0.6) is 5.75 Å². The molecule has 2 N–H and O–H groups in total. The van der Waals surface area contributed by atoms with Gasteiger partial charge in [-0.1, -0.05) is 54.1 Å². The van der Waals surface area contributed by atoms with E-state index in [1.54, 1.807) is 30.5 Å². The molecular weight excluding hydrogens is 426 g/mol. The summed E-state index contributed by atoms with van der Waals surface area (Å²) < 4.78 is 6.09. The van der Waals surface area contributed by atoms with Gasteiger partial charge in [-0.3, -0.25) is 14.7 Å². The summed E-state index contributed by atoms with van der Waals surface area (Å²) in [5.74, 6) is 0.286. The van der Waals surface area contributed by atoms with E-state index in [0.717, 1.165) is 5.56 Å². The minimum absolute atomic E-state index is 0.230. The maximum absolute atomic E-state index is 12.8. The second kappa shape index (κ2) is 10.1. The zero-order chi connectivity index (χ0) is 22.5. The van der Waals surface area contributed by atoms with Crippen molar-refractivity contribution in [2.45, 2.75) is 37.3 Å². The molecule has 0 bridgehead atoms. The number of benzene rings is 2. The van der Waals surface area contributed by atoms with Gasteiger partial charge in [0.1, 0.15) is 18.0 Å². The normalized spacial score (nSPS) is 22.6. The molecule has 0 radical (unpaired) electrons. The Morgan fingerprint density at radius 2 is 1.91 bits per heavy atom. The van der Waals surface area contributed by atoms with Crippen LogP contribution in [-0.4, -0.2) is 52.2 Å². The Hall–Kier alpha value is -2.93. The molecule has 7 heteroatoms. The molecule has 1 heterocycles. The van der Waals surface area contributed by atoms with E-state index in [9.17, 15) is 9.90 Å². The topological polar surface area (TPSA) is 74.7 Å². The first-order valence-electron chi connectivity index (χ1n) is 10.6. The average molecular weight is 452 g/mol. The molecule has 1 aliphatic carbocycles. The van der Waals surface area contributed by atoms with Gasteiger partial charge in [0.05, 0.1) is 22.7 Å². The molecule has 166 valence electrons. The lowest BCUT2D eigenvalue weighted by Gasteiger charge is -2.32. The Bertz CT molecular complexity index is 1030. The molecule has 32 heavy (non-hydrogen) atoms. The fourth-order valence-corrected chi connectivity index (χ4v) is 4.43. The molecule has 3 aromatic rings. The number of hydrogen-bond donors (Lipinski definition) is 2. The number of halogens is 1. The smallest absolute Gasteiger partial charge is 0.253 e. The minimum Gasteiger partial charge on any atom is -0.486 e. The Morgan fingerprint density at radius 3 is 2.62 bits per heavy atom. The number of aliphatic hydroxyl groups is 1. The molecule has 6 nitrogen and oxygen atoms in total. The zero-order valence-electron chi connectivity index (χ0n) is 17.8. The fraction of sp³-hybridized carbons (Fsp3) is 0.280. The maximum atomic E-state index is 12.8. The number of carbonyl (C=O) groups is 1. The summed E-state index contributed by atoms with van der Waals surface area (Å²) in [7, 11) is 1.95. The second-order valence-electron chi connectivity index (χ2n) is 8.03. The van der Waals surface area contributed by atoms with Crippen molar-refractivity contribution in [3.63, 3.8) is 0 Å². The van der Waals surface area contributed by atoms with E-state index in [0.29, 0.717) is 29.3 Å². The first-order chi connectivity index (χ1) is 15.5. The first-order valence-corrected chi connectivity index (χ1v) is 10.9. The van der Waals surface area contributed by atoms with Crippen LogP contribution in [0.2, 0.25) is 5.02 Å². The van der Waals surface area contributed by atoms with Gasteiger partial charge in [-0.05, 0) is 36.9 Å². The number of aromatic nitrogens is 1. The minimum atomic E-state index is -0.820. The monoisotopic (exact) mass is 451 g/mol. The van der Waals surface area contributed by atoms with Gasteiger partial charge in [-0.25, -0.2) is 0 Å². The van der Waals surface area contributed by atoms with Crippen LogP contribution >= 0.6 is 11.6 Å². The molecular formula is C25H26ClN3O3. The number of likely N-dealkylation sites (N-methyl/N-ethyl adjacent to an activating group) is 1. The zero-order valence-corrected chi connectivity index (χ0v) is 18.5. The number of pyridine rings is 1. The van der Waals surface area contributed by atoms with E-state index in [1.807, 2.05) is 49.5 Å². The van der Waals surface area contributed by atoms with Crippen molar-refractivity contribution in [1.29, 1.82) is 0 Å². The number of aliphatic hydroxyl groups excluding tert-OH is 1. The first kappa shape index (κ1) is 22.3. The number of nitrogens with zero attached hydrogens (tertiary/aromatic N) is 2. The number of carbonyl (C=O) groups excluding carboxylic acids is 1. The predicted molar refractivity (Wildman–Crippen MR) is 124 cm³/mol. The predicted octanol–water partition coefficient (Wildman–Crippen LogP) is 3.55. The van der Waals surface area contributed by atoms with Gasteiger partial charge in [0, 0.05) is 25.4 Å². The van der Waals surface area contributed by atoms with Crippen LogP contribution in [0.1, 0.15) is 22.3 Å². The lowest BCUT2D eigenvalue weighted by Crippen LogP contribution is -2.51. The van der Waals surface area contributed by atoms with Gasteiger partial charge < -0.3 is 15.2 Å². The summed E-state index contributed by atoms with van der Waals surface area (Å²) >= 11 is 6.26. The van der Waals surface area contributed by atoms with Crippen molar-refractivity contribution in [1.82, 2.24) is 15.2 Å². The average Bonchev–Trinajstić information content (AvgIpc) is 3.11. The van der Waals surface area contributed by atoms with Crippen LogP contribution in [0.25, 0.3) is 0 Å². The number of hydrogen-bond acceptors (Lipinski definition) is 5. The highest BCUT2D eigenvalue weighted by molar-refractivity contribution is 6.32. The van der Waals surface area contributed by atoms with Crippen molar-refractivity contribution >= 4 is 17.5 Å². The third kappa shape index (κ3) is 5.10. The summed E-state index contributed by atoms with van der Waals surface area (Å²) in [5, 5.41) is 14.8. The van der Waals surface area contributed by atoms with E-state index < -0.39 is 12.2 Å². The van der Waals surface area contributed by atoms with Crippen LogP contribution in [-0.2, 0) is 6.54 Å². The summed E-state index contributed by atoms with van der Waals surface area (Å²) in [4.78, 5) is 18.9. The number of nitrogens with one attached hydrogen (secondary N) is 1. The Balaban J connectivity index is 1.55. The highest BCUT2D eigenvalue weighted by atomic mass is 35.5. The van der Waals surface area contributed by atoms with Gasteiger partial charge >= 0.3 is 0 Å². The second-order valence-corrected chi connectivity index (χ2v) is 8.43. The van der Waals surface area contributed by atoms with Gasteiger partial charge in [0.2, 0.25) is 0 Å². The number of amides is 1. The lowest BCUT2D eigenvalue weighted by atomic mass is 10.1. The van der Waals surface area contributed by atoms with E-state index in [1.165, 1.54) is 6.20 Å². The van der Waals surface area contributed by atoms with Gasteiger partial charge in [-0.15, -0.1) is 0 Å². The van der Waals surface area contributed by atoms with Crippen molar-refractivity contribution in [3.8, 4) is 5.75 Å². The molecule has 1 saturated carbocycles. The molecule has 4 rings (SSSR count). The largest absolute Gasteiger partial charge is 0.486 e. The van der Waals surface area contributed by atoms with E-state index in [4.69, 9.17) is 16.3 Å². The Morgan fingerprint density at radius 1 is 1.16 bits per heavy atom. The Labute approximate surface area is 192 Å². The van der Waals surface area contributed by atoms with Gasteiger partial charge in [-0.2, -0.15) is 0 Å². The fourth-order valence-electron chi connectivity index (χ4n) is 4.25. The van der Waals surface area contributed by atoms with E-state index >= 15 is 0 Å². The molecule has 1 aromatic heterocycles. The highest BCUT2D eigenvalue weighted by Crippen LogP contribution is 2.32. The van der Waals surface area contributed by atoms with Crippen molar-refractivity contribution in [3.05, 3.63) is 95.3 Å². The molecule has 0 spiro atoms. The summed E-state index contributed by atoms with van der Waals surface area (Å²) in [6, 6.07) is 20.0. The van der Waals surface area contributed by atoms with Crippen LogP contribution in [0.3, 0.4) is 0 Å². The molecule has 1 amide bonds. The molecule has 2 aromatic carbocycles. The molecule has 0 aliphatic heterocycles. The van der Waals surface area contributed by atoms with Gasteiger partial charge in [0.15, 0.2) is 0 Å². The summed E-state index contributed by atoms with van der Waals surface area (Å²) in [6.07, 6.45) is 2.26. The lowest BCUT2D eigenvalue weighted by molar-refractivity contribution is 0.0125. The molecule has 1 aliphatic rings. The van der Waals surface area contributed by atoms with E-state index in [2.05, 4.69) is 15.2 Å². The van der Waals surface area contributed by atoms with Crippen LogP contribution in [0, 0.1) is 0 Å². The SMILES string of the molecule is CN(Cc1ccccc1)[C@@H]1[C@@H](O)[C@H](Oc2ccccc2Cl)C[C@H]1NC(=O)c1cccnc1. The molecule has 4 atom stereocenters. The maximum Gasteiger partial charge on any atom is 0.253 e. The standard InChI is InChI=1S/C25H26ClN3O3/c1-29(16-17-8-3-2-4-9-17)23-20(28-25(31)18-10-7-13-27-15-18)14-22(24(23)30)32-21-12-6-5-11-19(21)26/h2-13,15,20,22-24,30H,14,16H2,1H3,(H,28,31)/t20-,22-,23+,24+/m1/s1. The molecule has 0 saturated heterocycles. The number of rotatable bonds is 7. The quantitative estimate of drug-likeness (QED) is 0.574. The van der Waals surface area contributed by atoms with E-state index in [-0.39, 0.29) is 18.0 Å². The summed E-state index contributed by atoms with van der Waals surface area (Å²) in [6.45, 7) is 0.626. The Kier molecular flexibility index (Phi) is 7.05. The number of ether oxygens (including phenoxy) is 1. The molecule has 1 fully saturated rings. The van der Waals surface area contributed by atoms with Crippen molar-refractivity contribution in [2.75, 3.05) is 7.05 Å². The summed E-state index contributed by atoms with van der Waals surface area (Å²) in [5.41, 5.74) is 1.59. The molecule has 0 unspecified atom stereocenters. The van der Waals surface area contributed by atoms with Gasteiger partial charge in [0.25, 0.3) is 5.91 Å². The van der Waals surface area contributed by atoms with Crippen molar-refractivity contribution in [2.24, 2.45) is 0 Å².